The first kappa shape index (κ1) is 10.8. The Hall–Kier alpha value is -0.710. The Morgan fingerprint density at radius 2 is 2.20 bits per heavy atom. The number of aromatic nitrogens is 1. The minimum Gasteiger partial charge on any atom is -0.388 e. The number of hydrogen-bond donors (Lipinski definition) is 1. The van der Waals surface area contributed by atoms with Crippen molar-refractivity contribution in [1.29, 1.82) is 0 Å². The molecule has 15 heavy (non-hydrogen) atoms. The Kier molecular flexibility index (Phi) is 3.51. The van der Waals surface area contributed by atoms with Crippen LogP contribution in [0.25, 0.3) is 0 Å². The molecule has 0 radical (unpaired) electrons. The molecule has 0 fully saturated rings. The van der Waals surface area contributed by atoms with Gasteiger partial charge in [0.1, 0.15) is 0 Å². The predicted molar refractivity (Wildman–Crippen MR) is 64.9 cm³/mol. The van der Waals surface area contributed by atoms with Gasteiger partial charge in [-0.1, -0.05) is 34.1 Å². The van der Waals surface area contributed by atoms with E-state index in [1.807, 2.05) is 24.3 Å². The van der Waals surface area contributed by atoms with Gasteiger partial charge in [0.2, 0.25) is 0 Å². The highest BCUT2D eigenvalue weighted by atomic mass is 79.9. The number of aliphatic hydroxyl groups is 1. The predicted octanol–water partition coefficient (Wildman–Crippen LogP) is 3.18. The SMILES string of the molecule is OC(Cc1cncs1)c1ccccc1Br. The van der Waals surface area contributed by atoms with Gasteiger partial charge in [-0.25, -0.2) is 0 Å². The van der Waals surface area contributed by atoms with Crippen molar-refractivity contribution in [1.82, 2.24) is 4.98 Å². The molecule has 0 saturated heterocycles. The van der Waals surface area contributed by atoms with E-state index in [1.54, 1.807) is 23.0 Å². The summed E-state index contributed by atoms with van der Waals surface area (Å²) in [5, 5.41) is 10.0. The zero-order valence-corrected chi connectivity index (χ0v) is 10.3. The maximum atomic E-state index is 10.0. The van der Waals surface area contributed by atoms with Crippen LogP contribution < -0.4 is 0 Å². The summed E-state index contributed by atoms with van der Waals surface area (Å²) >= 11 is 4.99. The molecule has 1 aromatic carbocycles. The number of thiazole rings is 1. The first-order valence-corrected chi connectivity index (χ1v) is 6.24. The van der Waals surface area contributed by atoms with Gasteiger partial charge in [-0.05, 0) is 11.6 Å². The van der Waals surface area contributed by atoms with E-state index in [1.165, 1.54) is 0 Å². The second-order valence-electron chi connectivity index (χ2n) is 3.21. The average molecular weight is 284 g/mol. The monoisotopic (exact) mass is 283 g/mol. The highest BCUT2D eigenvalue weighted by Gasteiger charge is 2.11. The molecule has 1 unspecified atom stereocenters. The van der Waals surface area contributed by atoms with Gasteiger partial charge in [-0.3, -0.25) is 4.98 Å². The Bertz CT molecular complexity index is 430. The first-order chi connectivity index (χ1) is 7.27. The molecule has 0 aliphatic heterocycles. The maximum Gasteiger partial charge on any atom is 0.0849 e. The lowest BCUT2D eigenvalue weighted by molar-refractivity contribution is 0.178. The third-order valence-electron chi connectivity index (χ3n) is 2.14. The molecule has 2 aromatic rings. The van der Waals surface area contributed by atoms with E-state index in [-0.39, 0.29) is 0 Å². The van der Waals surface area contributed by atoms with E-state index < -0.39 is 6.10 Å². The molecular weight excluding hydrogens is 274 g/mol. The zero-order chi connectivity index (χ0) is 10.7. The largest absolute Gasteiger partial charge is 0.388 e. The summed E-state index contributed by atoms with van der Waals surface area (Å²) in [5.41, 5.74) is 2.70. The molecular formula is C11H10BrNOS. The smallest absolute Gasteiger partial charge is 0.0849 e. The summed E-state index contributed by atoms with van der Waals surface area (Å²) in [6.07, 6.45) is 1.94. The molecule has 1 aromatic heterocycles. The molecule has 2 rings (SSSR count). The van der Waals surface area contributed by atoms with Gasteiger partial charge in [-0.2, -0.15) is 0 Å². The van der Waals surface area contributed by atoms with Gasteiger partial charge in [0.25, 0.3) is 0 Å². The summed E-state index contributed by atoms with van der Waals surface area (Å²) in [5.74, 6) is 0. The van der Waals surface area contributed by atoms with Crippen molar-refractivity contribution in [3.63, 3.8) is 0 Å². The van der Waals surface area contributed by atoms with Crippen LogP contribution in [-0.2, 0) is 6.42 Å². The standard InChI is InChI=1S/C11H10BrNOS/c12-10-4-2-1-3-9(10)11(14)5-8-6-13-7-15-8/h1-4,6-7,11,14H,5H2. The maximum absolute atomic E-state index is 10.0. The molecule has 0 aliphatic carbocycles. The number of benzene rings is 1. The number of hydrogen-bond acceptors (Lipinski definition) is 3. The van der Waals surface area contributed by atoms with Crippen molar-refractivity contribution < 1.29 is 5.11 Å². The van der Waals surface area contributed by atoms with Crippen LogP contribution >= 0.6 is 27.3 Å². The Balaban J connectivity index is 2.15. The molecule has 0 bridgehead atoms. The number of halogens is 1. The van der Waals surface area contributed by atoms with Crippen molar-refractivity contribution in [3.8, 4) is 0 Å². The van der Waals surface area contributed by atoms with Gasteiger partial charge >= 0.3 is 0 Å². The van der Waals surface area contributed by atoms with E-state index >= 15 is 0 Å². The lowest BCUT2D eigenvalue weighted by Crippen LogP contribution is -2.01. The summed E-state index contributed by atoms with van der Waals surface area (Å²) in [6, 6.07) is 7.73. The Morgan fingerprint density at radius 3 is 2.87 bits per heavy atom. The van der Waals surface area contributed by atoms with Crippen LogP contribution in [0.1, 0.15) is 16.5 Å². The fourth-order valence-electron chi connectivity index (χ4n) is 1.39. The number of aliphatic hydroxyl groups excluding tert-OH is 1. The minimum absolute atomic E-state index is 0.471. The molecule has 0 saturated carbocycles. The quantitative estimate of drug-likeness (QED) is 0.939. The summed E-state index contributed by atoms with van der Waals surface area (Å²) < 4.78 is 0.946. The van der Waals surface area contributed by atoms with Gasteiger partial charge in [-0.15, -0.1) is 11.3 Å². The van der Waals surface area contributed by atoms with Crippen LogP contribution in [0, 0.1) is 0 Å². The van der Waals surface area contributed by atoms with Crippen molar-refractivity contribution in [3.05, 3.63) is 50.9 Å². The fourth-order valence-corrected chi connectivity index (χ4v) is 2.57. The molecule has 0 amide bonds. The van der Waals surface area contributed by atoms with E-state index in [9.17, 15) is 5.11 Å². The van der Waals surface area contributed by atoms with Crippen LogP contribution in [0.4, 0.5) is 0 Å². The van der Waals surface area contributed by atoms with Gasteiger partial charge in [0.05, 0.1) is 11.6 Å². The minimum atomic E-state index is -0.471. The Morgan fingerprint density at radius 1 is 1.40 bits per heavy atom. The summed E-state index contributed by atoms with van der Waals surface area (Å²) in [7, 11) is 0. The number of nitrogens with zero attached hydrogens (tertiary/aromatic N) is 1. The van der Waals surface area contributed by atoms with Crippen molar-refractivity contribution in [2.75, 3.05) is 0 Å². The van der Waals surface area contributed by atoms with Crippen molar-refractivity contribution in [2.45, 2.75) is 12.5 Å². The van der Waals surface area contributed by atoms with Crippen LogP contribution in [0.15, 0.2) is 40.4 Å². The van der Waals surface area contributed by atoms with Gasteiger partial charge < -0.3 is 5.11 Å². The molecule has 1 heterocycles. The molecule has 78 valence electrons. The van der Waals surface area contributed by atoms with Crippen molar-refractivity contribution >= 4 is 27.3 Å². The second kappa shape index (κ2) is 4.88. The van der Waals surface area contributed by atoms with E-state index in [4.69, 9.17) is 0 Å². The molecule has 1 N–H and O–H groups in total. The highest BCUT2D eigenvalue weighted by Crippen LogP contribution is 2.26. The lowest BCUT2D eigenvalue weighted by atomic mass is 10.1. The first-order valence-electron chi connectivity index (χ1n) is 4.57. The van der Waals surface area contributed by atoms with Gasteiger partial charge in [0, 0.05) is 22.0 Å². The topological polar surface area (TPSA) is 33.1 Å². The van der Waals surface area contributed by atoms with E-state index in [2.05, 4.69) is 20.9 Å². The second-order valence-corrected chi connectivity index (χ2v) is 5.03. The summed E-state index contributed by atoms with van der Waals surface area (Å²) in [6.45, 7) is 0. The van der Waals surface area contributed by atoms with Crippen LogP contribution in [-0.4, -0.2) is 10.1 Å². The molecule has 1 atom stereocenters. The average Bonchev–Trinajstić information content (AvgIpc) is 2.71. The van der Waals surface area contributed by atoms with Gasteiger partial charge in [0.15, 0.2) is 0 Å². The van der Waals surface area contributed by atoms with Crippen LogP contribution in [0.3, 0.4) is 0 Å². The molecule has 2 nitrogen and oxygen atoms in total. The van der Waals surface area contributed by atoms with Crippen LogP contribution in [0.2, 0.25) is 0 Å². The molecule has 0 spiro atoms. The van der Waals surface area contributed by atoms with E-state index in [0.29, 0.717) is 6.42 Å². The third-order valence-corrected chi connectivity index (χ3v) is 3.67. The molecule has 0 aliphatic rings. The van der Waals surface area contributed by atoms with Crippen LogP contribution in [0.5, 0.6) is 0 Å². The lowest BCUT2D eigenvalue weighted by Gasteiger charge is -2.11. The summed E-state index contributed by atoms with van der Waals surface area (Å²) in [4.78, 5) is 5.08. The van der Waals surface area contributed by atoms with E-state index in [0.717, 1.165) is 14.9 Å². The fraction of sp³-hybridized carbons (Fsp3) is 0.182. The zero-order valence-electron chi connectivity index (χ0n) is 7.93. The normalized spacial score (nSPS) is 12.7. The molecule has 4 heteroatoms. The Labute approximate surface area is 101 Å². The highest BCUT2D eigenvalue weighted by molar-refractivity contribution is 9.10. The number of rotatable bonds is 3. The third kappa shape index (κ3) is 2.65. The van der Waals surface area contributed by atoms with Crippen molar-refractivity contribution in [2.24, 2.45) is 0 Å².